The van der Waals surface area contributed by atoms with Gasteiger partial charge in [-0.05, 0) is 63.5 Å². The predicted octanol–water partition coefficient (Wildman–Crippen LogP) is 2.98. The first-order valence-electron chi connectivity index (χ1n) is 8.35. The molecule has 0 spiro atoms. The van der Waals surface area contributed by atoms with E-state index in [0.29, 0.717) is 11.9 Å². The number of piperidine rings is 1. The normalized spacial score (nSPS) is 33.4. The van der Waals surface area contributed by atoms with Gasteiger partial charge in [0, 0.05) is 19.0 Å². The van der Waals surface area contributed by atoms with Crippen LogP contribution in [0.2, 0.25) is 0 Å². The van der Waals surface area contributed by atoms with Gasteiger partial charge in [0.25, 0.3) is 0 Å². The maximum Gasteiger partial charge on any atom is 0.222 e. The molecule has 1 aliphatic carbocycles. The third-order valence-corrected chi connectivity index (χ3v) is 5.49. The van der Waals surface area contributed by atoms with Crippen molar-refractivity contribution in [2.24, 2.45) is 11.8 Å². The first-order valence-corrected chi connectivity index (χ1v) is 8.35. The van der Waals surface area contributed by atoms with Crippen LogP contribution >= 0.6 is 12.4 Å². The van der Waals surface area contributed by atoms with E-state index in [0.717, 1.165) is 44.3 Å². The molecular formula is C16H29ClN2O. The van der Waals surface area contributed by atoms with E-state index in [1.54, 1.807) is 0 Å². The molecule has 3 aliphatic rings. The van der Waals surface area contributed by atoms with Crippen molar-refractivity contribution in [1.82, 2.24) is 10.2 Å². The molecule has 1 amide bonds. The number of nitrogens with zero attached hydrogens (tertiary/aromatic N) is 1. The number of carbonyl (C=O) groups excluding carboxylic acids is 1. The topological polar surface area (TPSA) is 32.3 Å². The summed E-state index contributed by atoms with van der Waals surface area (Å²) in [6.45, 7) is 3.30. The zero-order valence-corrected chi connectivity index (χ0v) is 13.3. The highest BCUT2D eigenvalue weighted by Gasteiger charge is 2.35. The Bertz CT molecular complexity index is 316. The quantitative estimate of drug-likeness (QED) is 0.869. The average molecular weight is 301 g/mol. The molecule has 2 aliphatic heterocycles. The molecule has 0 bridgehead atoms. The number of rotatable bonds is 3. The molecule has 0 aromatic carbocycles. The number of carbonyl (C=O) groups is 1. The van der Waals surface area contributed by atoms with Gasteiger partial charge in [-0.15, -0.1) is 12.4 Å². The Morgan fingerprint density at radius 3 is 2.70 bits per heavy atom. The van der Waals surface area contributed by atoms with Crippen molar-refractivity contribution in [3.8, 4) is 0 Å². The number of likely N-dealkylation sites (tertiary alicyclic amines) is 1. The van der Waals surface area contributed by atoms with Gasteiger partial charge in [-0.1, -0.05) is 12.8 Å². The van der Waals surface area contributed by atoms with E-state index in [1.807, 2.05) is 0 Å². The van der Waals surface area contributed by atoms with E-state index < -0.39 is 0 Å². The highest BCUT2D eigenvalue weighted by molar-refractivity contribution is 5.85. The van der Waals surface area contributed by atoms with Crippen LogP contribution in [0.25, 0.3) is 0 Å². The second-order valence-electron chi connectivity index (χ2n) is 6.74. The number of nitrogens with one attached hydrogen (secondary N) is 1. The fourth-order valence-corrected chi connectivity index (χ4v) is 4.37. The number of hydrogen-bond acceptors (Lipinski definition) is 2. The Hall–Kier alpha value is -0.280. The van der Waals surface area contributed by atoms with Crippen molar-refractivity contribution in [2.75, 3.05) is 19.6 Å². The van der Waals surface area contributed by atoms with E-state index in [9.17, 15) is 4.79 Å². The lowest BCUT2D eigenvalue weighted by molar-refractivity contribution is -0.137. The van der Waals surface area contributed by atoms with Crippen LogP contribution in [0, 0.1) is 11.8 Å². The van der Waals surface area contributed by atoms with Crippen LogP contribution in [-0.4, -0.2) is 36.5 Å². The third kappa shape index (κ3) is 3.67. The summed E-state index contributed by atoms with van der Waals surface area (Å²) < 4.78 is 0. The molecule has 2 saturated heterocycles. The fourth-order valence-electron chi connectivity index (χ4n) is 4.37. The van der Waals surface area contributed by atoms with E-state index >= 15 is 0 Å². The SMILES string of the molecule is Cl.O=C(CCC1CCNC1)N1CCCC2CCCCC21. The van der Waals surface area contributed by atoms with Gasteiger partial charge in [-0.2, -0.15) is 0 Å². The summed E-state index contributed by atoms with van der Waals surface area (Å²) in [6, 6.07) is 0.594. The van der Waals surface area contributed by atoms with Gasteiger partial charge in [0.1, 0.15) is 0 Å². The van der Waals surface area contributed by atoms with Crippen LogP contribution < -0.4 is 5.32 Å². The summed E-state index contributed by atoms with van der Waals surface area (Å²) in [5, 5.41) is 3.40. The second kappa shape index (κ2) is 7.65. The maximum atomic E-state index is 12.5. The molecule has 0 aromatic heterocycles. The molecule has 4 heteroatoms. The Morgan fingerprint density at radius 1 is 1.10 bits per heavy atom. The van der Waals surface area contributed by atoms with Gasteiger partial charge in [0.2, 0.25) is 5.91 Å². The maximum absolute atomic E-state index is 12.5. The van der Waals surface area contributed by atoms with Gasteiger partial charge in [0.05, 0.1) is 0 Å². The fraction of sp³-hybridized carbons (Fsp3) is 0.938. The Kier molecular flexibility index (Phi) is 6.16. The van der Waals surface area contributed by atoms with Gasteiger partial charge in [-0.25, -0.2) is 0 Å². The van der Waals surface area contributed by atoms with Crippen LogP contribution in [0.15, 0.2) is 0 Å². The van der Waals surface area contributed by atoms with Crippen LogP contribution in [0.3, 0.4) is 0 Å². The van der Waals surface area contributed by atoms with Gasteiger partial charge in [0.15, 0.2) is 0 Å². The lowest BCUT2D eigenvalue weighted by atomic mass is 9.78. The van der Waals surface area contributed by atoms with Crippen LogP contribution in [0.5, 0.6) is 0 Å². The number of halogens is 1. The molecule has 3 unspecified atom stereocenters. The number of amides is 1. The highest BCUT2D eigenvalue weighted by Crippen LogP contribution is 2.35. The Labute approximate surface area is 129 Å². The highest BCUT2D eigenvalue weighted by atomic mass is 35.5. The summed E-state index contributed by atoms with van der Waals surface area (Å²) in [4.78, 5) is 14.8. The minimum Gasteiger partial charge on any atom is -0.339 e. The molecule has 0 radical (unpaired) electrons. The van der Waals surface area contributed by atoms with E-state index in [4.69, 9.17) is 0 Å². The number of fused-ring (bicyclic) bond motifs is 1. The molecule has 116 valence electrons. The average Bonchev–Trinajstić information content (AvgIpc) is 2.97. The van der Waals surface area contributed by atoms with Crippen molar-refractivity contribution in [2.45, 2.75) is 63.8 Å². The van der Waals surface area contributed by atoms with Crippen LogP contribution in [0.1, 0.15) is 57.8 Å². The summed E-state index contributed by atoms with van der Waals surface area (Å²) >= 11 is 0. The standard InChI is InChI=1S/C16H28N2O.ClH/c19-16(8-7-13-9-10-17-12-13)18-11-3-5-14-4-1-2-6-15(14)18;/h13-15,17H,1-12H2;1H. The molecule has 3 atom stereocenters. The van der Waals surface area contributed by atoms with Crippen LogP contribution in [0.4, 0.5) is 0 Å². The summed E-state index contributed by atoms with van der Waals surface area (Å²) in [7, 11) is 0. The van der Waals surface area contributed by atoms with Crippen molar-refractivity contribution < 1.29 is 4.79 Å². The van der Waals surface area contributed by atoms with E-state index in [2.05, 4.69) is 10.2 Å². The van der Waals surface area contributed by atoms with Crippen molar-refractivity contribution in [3.63, 3.8) is 0 Å². The zero-order chi connectivity index (χ0) is 13.1. The molecule has 2 heterocycles. The molecular weight excluding hydrogens is 272 g/mol. The Morgan fingerprint density at radius 2 is 1.90 bits per heavy atom. The third-order valence-electron chi connectivity index (χ3n) is 5.49. The van der Waals surface area contributed by atoms with Crippen molar-refractivity contribution in [3.05, 3.63) is 0 Å². The first-order chi connectivity index (χ1) is 9.34. The van der Waals surface area contributed by atoms with Gasteiger partial charge in [-0.3, -0.25) is 4.79 Å². The van der Waals surface area contributed by atoms with Crippen LogP contribution in [-0.2, 0) is 4.79 Å². The molecule has 0 aromatic rings. The smallest absolute Gasteiger partial charge is 0.222 e. The minimum atomic E-state index is 0. The first kappa shape index (κ1) is 16.1. The molecule has 3 rings (SSSR count). The largest absolute Gasteiger partial charge is 0.339 e. The van der Waals surface area contributed by atoms with E-state index in [-0.39, 0.29) is 12.4 Å². The van der Waals surface area contributed by atoms with Gasteiger partial charge >= 0.3 is 0 Å². The molecule has 3 nitrogen and oxygen atoms in total. The predicted molar refractivity (Wildman–Crippen MR) is 84.2 cm³/mol. The monoisotopic (exact) mass is 300 g/mol. The zero-order valence-electron chi connectivity index (χ0n) is 12.5. The lowest BCUT2D eigenvalue weighted by Crippen LogP contribution is -2.49. The second-order valence-corrected chi connectivity index (χ2v) is 6.74. The van der Waals surface area contributed by atoms with E-state index in [1.165, 1.54) is 44.9 Å². The Balaban J connectivity index is 0.00000147. The molecule has 1 N–H and O–H groups in total. The summed E-state index contributed by atoms with van der Waals surface area (Å²) in [5.41, 5.74) is 0. The minimum absolute atomic E-state index is 0. The van der Waals surface area contributed by atoms with Crippen molar-refractivity contribution in [1.29, 1.82) is 0 Å². The molecule has 20 heavy (non-hydrogen) atoms. The molecule has 3 fully saturated rings. The van der Waals surface area contributed by atoms with Crippen molar-refractivity contribution >= 4 is 18.3 Å². The summed E-state index contributed by atoms with van der Waals surface area (Å²) in [6.07, 6.45) is 11.1. The lowest BCUT2D eigenvalue weighted by Gasteiger charge is -2.44. The number of hydrogen-bond donors (Lipinski definition) is 1. The summed E-state index contributed by atoms with van der Waals surface area (Å²) in [5.74, 6) is 2.01. The molecule has 1 saturated carbocycles. The van der Waals surface area contributed by atoms with Gasteiger partial charge < -0.3 is 10.2 Å².